The zero-order valence-corrected chi connectivity index (χ0v) is 10.6. The van der Waals surface area contributed by atoms with E-state index in [0.29, 0.717) is 6.42 Å². The normalized spacial score (nSPS) is 13.5. The van der Waals surface area contributed by atoms with Gasteiger partial charge < -0.3 is 10.2 Å². The summed E-state index contributed by atoms with van der Waals surface area (Å²) in [6, 6.07) is 0. The third kappa shape index (κ3) is 14.9. The van der Waals surface area contributed by atoms with Gasteiger partial charge in [0.15, 0.2) is 0 Å². The maximum absolute atomic E-state index is 10.2. The van der Waals surface area contributed by atoms with Crippen molar-refractivity contribution in [2.75, 3.05) is 0 Å². The minimum Gasteiger partial charge on any atom is -0.481 e. The van der Waals surface area contributed by atoms with Gasteiger partial charge in [0, 0.05) is 6.42 Å². The van der Waals surface area contributed by atoms with E-state index in [-0.39, 0.29) is 6.10 Å². The smallest absolute Gasteiger partial charge is 0.303 e. The van der Waals surface area contributed by atoms with E-state index in [1.807, 2.05) is 12.2 Å². The SMILES string of the molecule is C[C@H](O)/C=C/C=C\CCCCCCCC(=O)O. The molecular weight excluding hydrogens is 216 g/mol. The molecule has 0 saturated heterocycles. The molecule has 0 bridgehead atoms. The zero-order chi connectivity index (χ0) is 12.9. The summed E-state index contributed by atoms with van der Waals surface area (Å²) < 4.78 is 0. The van der Waals surface area contributed by atoms with Crippen LogP contribution in [-0.4, -0.2) is 22.3 Å². The zero-order valence-electron chi connectivity index (χ0n) is 10.6. The lowest BCUT2D eigenvalue weighted by Gasteiger charge is -1.97. The largest absolute Gasteiger partial charge is 0.481 e. The molecule has 0 rings (SSSR count). The maximum Gasteiger partial charge on any atom is 0.303 e. The Hall–Kier alpha value is -1.09. The molecule has 0 heterocycles. The Morgan fingerprint density at radius 1 is 1.12 bits per heavy atom. The molecule has 0 spiro atoms. The number of hydrogen-bond acceptors (Lipinski definition) is 2. The van der Waals surface area contributed by atoms with E-state index in [4.69, 9.17) is 10.2 Å². The van der Waals surface area contributed by atoms with Crippen LogP contribution < -0.4 is 0 Å². The number of hydrogen-bond donors (Lipinski definition) is 2. The van der Waals surface area contributed by atoms with E-state index in [0.717, 1.165) is 38.5 Å². The molecule has 1 atom stereocenters. The van der Waals surface area contributed by atoms with Gasteiger partial charge in [-0.25, -0.2) is 0 Å². The fourth-order valence-electron chi connectivity index (χ4n) is 1.47. The molecule has 0 unspecified atom stereocenters. The fraction of sp³-hybridized carbons (Fsp3) is 0.643. The maximum atomic E-state index is 10.2. The van der Waals surface area contributed by atoms with Crippen molar-refractivity contribution < 1.29 is 15.0 Å². The van der Waals surface area contributed by atoms with Crippen LogP contribution in [0.3, 0.4) is 0 Å². The van der Waals surface area contributed by atoms with Gasteiger partial charge in [-0.1, -0.05) is 43.6 Å². The van der Waals surface area contributed by atoms with Crippen molar-refractivity contribution in [2.45, 2.75) is 58.0 Å². The molecule has 0 radical (unpaired) electrons. The van der Waals surface area contributed by atoms with E-state index < -0.39 is 5.97 Å². The first-order valence-corrected chi connectivity index (χ1v) is 6.36. The molecule has 98 valence electrons. The van der Waals surface area contributed by atoms with Crippen molar-refractivity contribution in [3.05, 3.63) is 24.3 Å². The summed E-state index contributed by atoms with van der Waals surface area (Å²) in [6.45, 7) is 1.72. The molecule has 0 aliphatic heterocycles. The van der Waals surface area contributed by atoms with Crippen molar-refractivity contribution >= 4 is 5.97 Å². The van der Waals surface area contributed by atoms with Crippen molar-refractivity contribution in [3.8, 4) is 0 Å². The Bertz CT molecular complexity index is 242. The van der Waals surface area contributed by atoms with E-state index >= 15 is 0 Å². The van der Waals surface area contributed by atoms with Gasteiger partial charge in [0.25, 0.3) is 0 Å². The van der Waals surface area contributed by atoms with Crippen molar-refractivity contribution in [3.63, 3.8) is 0 Å². The third-order valence-corrected chi connectivity index (χ3v) is 2.40. The van der Waals surface area contributed by atoms with Crippen LogP contribution in [0.5, 0.6) is 0 Å². The van der Waals surface area contributed by atoms with Gasteiger partial charge in [-0.2, -0.15) is 0 Å². The summed E-state index contributed by atoms with van der Waals surface area (Å²) in [6.07, 6.45) is 13.8. The highest BCUT2D eigenvalue weighted by molar-refractivity contribution is 5.66. The molecule has 0 aliphatic rings. The van der Waals surface area contributed by atoms with Gasteiger partial charge in [0.2, 0.25) is 0 Å². The van der Waals surface area contributed by atoms with Crippen LogP contribution in [-0.2, 0) is 4.79 Å². The lowest BCUT2D eigenvalue weighted by molar-refractivity contribution is -0.137. The van der Waals surface area contributed by atoms with Gasteiger partial charge in [0.05, 0.1) is 6.10 Å². The van der Waals surface area contributed by atoms with Crippen LogP contribution in [0.15, 0.2) is 24.3 Å². The average molecular weight is 240 g/mol. The molecular formula is C14H24O3. The van der Waals surface area contributed by atoms with E-state index in [1.54, 1.807) is 13.0 Å². The van der Waals surface area contributed by atoms with Crippen LogP contribution in [0.25, 0.3) is 0 Å². The highest BCUT2D eigenvalue weighted by Gasteiger charge is 1.95. The number of unbranched alkanes of at least 4 members (excludes halogenated alkanes) is 5. The number of carboxylic acid groups (broad SMARTS) is 1. The standard InChI is InChI=1S/C14H24O3/c1-13(15)11-9-7-5-3-2-4-6-8-10-12-14(16)17/h5,7,9,11,13,15H,2-4,6,8,10,12H2,1H3,(H,16,17)/b7-5-,11-9+/t13-/m0/s1. The predicted molar refractivity (Wildman–Crippen MR) is 69.9 cm³/mol. The highest BCUT2D eigenvalue weighted by atomic mass is 16.4. The molecule has 0 aromatic rings. The first kappa shape index (κ1) is 15.9. The van der Waals surface area contributed by atoms with Crippen LogP contribution >= 0.6 is 0 Å². The van der Waals surface area contributed by atoms with Crippen LogP contribution in [0.4, 0.5) is 0 Å². The monoisotopic (exact) mass is 240 g/mol. The number of rotatable bonds is 10. The number of carboxylic acids is 1. The summed E-state index contributed by atoms with van der Waals surface area (Å²) in [5.74, 6) is -0.696. The van der Waals surface area contributed by atoms with Crippen molar-refractivity contribution in [2.24, 2.45) is 0 Å². The summed E-state index contributed by atoms with van der Waals surface area (Å²) in [4.78, 5) is 10.2. The first-order valence-electron chi connectivity index (χ1n) is 6.36. The molecule has 0 aliphatic carbocycles. The van der Waals surface area contributed by atoms with E-state index in [9.17, 15) is 4.79 Å². The second-order valence-electron chi connectivity index (χ2n) is 4.25. The molecule has 0 fully saturated rings. The average Bonchev–Trinajstić information content (AvgIpc) is 2.25. The van der Waals surface area contributed by atoms with E-state index in [1.165, 1.54) is 0 Å². The predicted octanol–water partition coefficient (Wildman–Crippen LogP) is 3.29. The second kappa shape index (κ2) is 11.4. The lowest BCUT2D eigenvalue weighted by atomic mass is 10.1. The fourth-order valence-corrected chi connectivity index (χ4v) is 1.47. The minimum absolute atomic E-state index is 0.296. The van der Waals surface area contributed by atoms with Gasteiger partial charge in [-0.05, 0) is 26.2 Å². The molecule has 3 heteroatoms. The second-order valence-corrected chi connectivity index (χ2v) is 4.25. The topological polar surface area (TPSA) is 57.5 Å². The Labute approximate surface area is 104 Å². The number of aliphatic hydroxyl groups excluding tert-OH is 1. The third-order valence-electron chi connectivity index (χ3n) is 2.40. The Balaban J connectivity index is 3.21. The number of aliphatic carboxylic acids is 1. The van der Waals surface area contributed by atoms with Gasteiger partial charge in [-0.15, -0.1) is 0 Å². The van der Waals surface area contributed by atoms with Crippen molar-refractivity contribution in [1.82, 2.24) is 0 Å². The minimum atomic E-state index is -0.696. The first-order chi connectivity index (χ1) is 8.13. The number of carbonyl (C=O) groups is 1. The van der Waals surface area contributed by atoms with Crippen LogP contribution in [0.1, 0.15) is 51.9 Å². The number of allylic oxidation sites excluding steroid dienone is 3. The molecule has 0 aromatic heterocycles. The lowest BCUT2D eigenvalue weighted by Crippen LogP contribution is -1.93. The molecule has 0 amide bonds. The highest BCUT2D eigenvalue weighted by Crippen LogP contribution is 2.07. The molecule has 0 aromatic carbocycles. The van der Waals surface area contributed by atoms with Gasteiger partial charge >= 0.3 is 5.97 Å². The molecule has 17 heavy (non-hydrogen) atoms. The summed E-state index contributed by atoms with van der Waals surface area (Å²) in [7, 11) is 0. The summed E-state index contributed by atoms with van der Waals surface area (Å²) in [5.41, 5.74) is 0. The Morgan fingerprint density at radius 2 is 1.76 bits per heavy atom. The molecule has 2 N–H and O–H groups in total. The summed E-state index contributed by atoms with van der Waals surface area (Å²) in [5, 5.41) is 17.4. The van der Waals surface area contributed by atoms with Crippen LogP contribution in [0, 0.1) is 0 Å². The van der Waals surface area contributed by atoms with Crippen LogP contribution in [0.2, 0.25) is 0 Å². The van der Waals surface area contributed by atoms with E-state index in [2.05, 4.69) is 6.08 Å². The number of aliphatic hydroxyl groups is 1. The quantitative estimate of drug-likeness (QED) is 0.455. The molecule has 0 saturated carbocycles. The van der Waals surface area contributed by atoms with Gasteiger partial charge in [-0.3, -0.25) is 4.79 Å². The van der Waals surface area contributed by atoms with Gasteiger partial charge in [0.1, 0.15) is 0 Å². The molecule has 3 nitrogen and oxygen atoms in total. The Morgan fingerprint density at radius 3 is 2.41 bits per heavy atom. The summed E-state index contributed by atoms with van der Waals surface area (Å²) >= 11 is 0. The Kier molecular flexibility index (Phi) is 10.7. The van der Waals surface area contributed by atoms with Crippen molar-refractivity contribution in [1.29, 1.82) is 0 Å².